The molecular formula is C16H17ClN2O. The lowest BCUT2D eigenvalue weighted by Gasteiger charge is -2.07. The average molecular weight is 289 g/mol. The van der Waals surface area contributed by atoms with Crippen molar-refractivity contribution in [3.63, 3.8) is 0 Å². The topological polar surface area (TPSA) is 42.0 Å². The molecule has 4 heteroatoms. The lowest BCUT2D eigenvalue weighted by molar-refractivity contribution is 0.0982. The van der Waals surface area contributed by atoms with Crippen molar-refractivity contribution in [2.45, 2.75) is 26.3 Å². The van der Waals surface area contributed by atoms with E-state index in [1.165, 1.54) is 0 Å². The molecule has 1 aromatic heterocycles. The molecule has 0 aliphatic carbocycles. The van der Waals surface area contributed by atoms with Crippen LogP contribution in [0.3, 0.4) is 0 Å². The predicted octanol–water partition coefficient (Wildman–Crippen LogP) is 4.33. The van der Waals surface area contributed by atoms with Crippen molar-refractivity contribution < 1.29 is 4.79 Å². The largest absolute Gasteiger partial charge is 0.381 e. The fourth-order valence-electron chi connectivity index (χ4n) is 1.86. The second kappa shape index (κ2) is 7.06. The van der Waals surface area contributed by atoms with Crippen molar-refractivity contribution in [2.75, 3.05) is 5.32 Å². The zero-order chi connectivity index (χ0) is 14.4. The minimum absolute atomic E-state index is 0.195. The molecule has 0 spiro atoms. The smallest absolute Gasteiger partial charge is 0.162 e. The van der Waals surface area contributed by atoms with Crippen molar-refractivity contribution in [1.29, 1.82) is 0 Å². The molecular weight excluding hydrogens is 272 g/mol. The van der Waals surface area contributed by atoms with E-state index in [4.69, 9.17) is 11.6 Å². The van der Waals surface area contributed by atoms with E-state index in [0.29, 0.717) is 18.1 Å². The van der Waals surface area contributed by atoms with Gasteiger partial charge < -0.3 is 5.32 Å². The molecule has 3 nitrogen and oxygen atoms in total. The average Bonchev–Trinajstić information content (AvgIpc) is 2.47. The minimum Gasteiger partial charge on any atom is -0.381 e. The Morgan fingerprint density at radius 2 is 1.95 bits per heavy atom. The first-order valence-electron chi connectivity index (χ1n) is 6.66. The van der Waals surface area contributed by atoms with E-state index in [-0.39, 0.29) is 5.78 Å². The summed E-state index contributed by atoms with van der Waals surface area (Å²) in [6, 6.07) is 11.3. The van der Waals surface area contributed by atoms with Crippen LogP contribution in [-0.4, -0.2) is 10.8 Å². The van der Waals surface area contributed by atoms with E-state index >= 15 is 0 Å². The SMILES string of the molecule is CCCC(=O)c1ccc(NCc2ccc(Cl)nc2)cc1. The number of aromatic nitrogens is 1. The highest BCUT2D eigenvalue weighted by molar-refractivity contribution is 6.29. The standard InChI is InChI=1S/C16H17ClN2O/c1-2-3-15(20)13-5-7-14(8-6-13)18-10-12-4-9-16(17)19-11-12/h4-9,11,18H,2-3,10H2,1H3. The first-order valence-corrected chi connectivity index (χ1v) is 7.04. The Hall–Kier alpha value is -1.87. The lowest BCUT2D eigenvalue weighted by atomic mass is 10.1. The van der Waals surface area contributed by atoms with Gasteiger partial charge >= 0.3 is 0 Å². The number of hydrogen-bond donors (Lipinski definition) is 1. The van der Waals surface area contributed by atoms with Gasteiger partial charge in [-0.1, -0.05) is 24.6 Å². The van der Waals surface area contributed by atoms with E-state index in [1.54, 1.807) is 12.3 Å². The van der Waals surface area contributed by atoms with Crippen LogP contribution >= 0.6 is 11.6 Å². The molecule has 0 atom stereocenters. The highest BCUT2D eigenvalue weighted by Crippen LogP contribution is 2.13. The second-order valence-corrected chi connectivity index (χ2v) is 4.98. The van der Waals surface area contributed by atoms with Gasteiger partial charge in [-0.3, -0.25) is 4.79 Å². The first kappa shape index (κ1) is 14.5. The molecule has 0 bridgehead atoms. The van der Waals surface area contributed by atoms with E-state index in [0.717, 1.165) is 23.2 Å². The number of halogens is 1. The first-order chi connectivity index (χ1) is 9.69. The summed E-state index contributed by atoms with van der Waals surface area (Å²) >= 11 is 5.74. The van der Waals surface area contributed by atoms with Crippen molar-refractivity contribution in [3.05, 3.63) is 58.9 Å². The molecule has 0 saturated carbocycles. The highest BCUT2D eigenvalue weighted by atomic mass is 35.5. The van der Waals surface area contributed by atoms with Gasteiger partial charge in [0.15, 0.2) is 5.78 Å². The number of nitrogens with zero attached hydrogens (tertiary/aromatic N) is 1. The van der Waals surface area contributed by atoms with Gasteiger partial charge in [-0.25, -0.2) is 4.98 Å². The monoisotopic (exact) mass is 288 g/mol. The van der Waals surface area contributed by atoms with Gasteiger partial charge in [-0.15, -0.1) is 0 Å². The third-order valence-electron chi connectivity index (χ3n) is 2.97. The third-order valence-corrected chi connectivity index (χ3v) is 3.19. The number of Topliss-reactive ketones (excluding diaryl/α,β-unsaturated/α-hetero) is 1. The van der Waals surface area contributed by atoms with Gasteiger partial charge in [-0.05, 0) is 42.3 Å². The molecule has 1 heterocycles. The molecule has 0 radical (unpaired) electrons. The van der Waals surface area contributed by atoms with E-state index in [2.05, 4.69) is 10.3 Å². The Morgan fingerprint density at radius 1 is 1.20 bits per heavy atom. The van der Waals surface area contributed by atoms with E-state index < -0.39 is 0 Å². The summed E-state index contributed by atoms with van der Waals surface area (Å²) in [5.41, 5.74) is 2.80. The van der Waals surface area contributed by atoms with Gasteiger partial charge in [-0.2, -0.15) is 0 Å². The number of hydrogen-bond acceptors (Lipinski definition) is 3. The molecule has 2 rings (SSSR count). The van der Waals surface area contributed by atoms with Gasteiger partial charge in [0.05, 0.1) is 0 Å². The Balaban J connectivity index is 1.93. The Morgan fingerprint density at radius 3 is 2.55 bits per heavy atom. The Labute approximate surface area is 124 Å². The number of nitrogens with one attached hydrogen (secondary N) is 1. The number of rotatable bonds is 6. The fraction of sp³-hybridized carbons (Fsp3) is 0.250. The number of anilines is 1. The Bertz CT molecular complexity index is 564. The van der Waals surface area contributed by atoms with Crippen LogP contribution < -0.4 is 5.32 Å². The maximum Gasteiger partial charge on any atom is 0.162 e. The summed E-state index contributed by atoms with van der Waals surface area (Å²) in [5.74, 6) is 0.195. The van der Waals surface area contributed by atoms with Crippen LogP contribution in [-0.2, 0) is 6.54 Å². The van der Waals surface area contributed by atoms with Gasteiger partial charge in [0, 0.05) is 30.4 Å². The molecule has 0 amide bonds. The van der Waals surface area contributed by atoms with Crippen molar-refractivity contribution in [2.24, 2.45) is 0 Å². The minimum atomic E-state index is 0.195. The Kier molecular flexibility index (Phi) is 5.13. The van der Waals surface area contributed by atoms with Crippen molar-refractivity contribution in [3.8, 4) is 0 Å². The van der Waals surface area contributed by atoms with Crippen LogP contribution in [0, 0.1) is 0 Å². The number of benzene rings is 1. The van der Waals surface area contributed by atoms with Crippen molar-refractivity contribution in [1.82, 2.24) is 4.98 Å². The van der Waals surface area contributed by atoms with Gasteiger partial charge in [0.25, 0.3) is 0 Å². The van der Waals surface area contributed by atoms with Crippen LogP contribution in [0.15, 0.2) is 42.6 Å². The number of ketones is 1. The second-order valence-electron chi connectivity index (χ2n) is 4.59. The molecule has 0 aliphatic heterocycles. The summed E-state index contributed by atoms with van der Waals surface area (Å²) < 4.78 is 0. The van der Waals surface area contributed by atoms with Crippen LogP contribution in [0.25, 0.3) is 0 Å². The quantitative estimate of drug-likeness (QED) is 0.635. The number of carbonyl (C=O) groups excluding carboxylic acids is 1. The zero-order valence-electron chi connectivity index (χ0n) is 11.4. The summed E-state index contributed by atoms with van der Waals surface area (Å²) in [7, 11) is 0. The molecule has 0 aliphatic rings. The normalized spacial score (nSPS) is 10.3. The van der Waals surface area contributed by atoms with E-state index in [9.17, 15) is 4.79 Å². The molecule has 0 fully saturated rings. The van der Waals surface area contributed by atoms with Crippen LogP contribution in [0.5, 0.6) is 0 Å². The summed E-state index contributed by atoms with van der Waals surface area (Å²) in [6.07, 6.45) is 3.22. The molecule has 1 aromatic carbocycles. The highest BCUT2D eigenvalue weighted by Gasteiger charge is 2.03. The molecule has 2 aromatic rings. The predicted molar refractivity (Wildman–Crippen MR) is 82.3 cm³/mol. The van der Waals surface area contributed by atoms with Gasteiger partial charge in [0.2, 0.25) is 0 Å². The maximum atomic E-state index is 11.7. The van der Waals surface area contributed by atoms with Gasteiger partial charge in [0.1, 0.15) is 5.15 Å². The van der Waals surface area contributed by atoms with Crippen LogP contribution in [0.2, 0.25) is 5.15 Å². The molecule has 0 unspecified atom stereocenters. The molecule has 0 saturated heterocycles. The lowest BCUT2D eigenvalue weighted by Crippen LogP contribution is -2.01. The molecule has 20 heavy (non-hydrogen) atoms. The maximum absolute atomic E-state index is 11.7. The van der Waals surface area contributed by atoms with Crippen molar-refractivity contribution >= 4 is 23.1 Å². The van der Waals surface area contributed by atoms with Crippen LogP contribution in [0.4, 0.5) is 5.69 Å². The zero-order valence-corrected chi connectivity index (χ0v) is 12.2. The number of pyridine rings is 1. The third kappa shape index (κ3) is 4.07. The fourth-order valence-corrected chi connectivity index (χ4v) is 1.97. The summed E-state index contributed by atoms with van der Waals surface area (Å²) in [4.78, 5) is 15.8. The molecule has 1 N–H and O–H groups in total. The summed E-state index contributed by atoms with van der Waals surface area (Å²) in [6.45, 7) is 2.68. The summed E-state index contributed by atoms with van der Waals surface area (Å²) in [5, 5.41) is 3.78. The van der Waals surface area contributed by atoms with Crippen LogP contribution in [0.1, 0.15) is 35.7 Å². The van der Waals surface area contributed by atoms with E-state index in [1.807, 2.05) is 37.3 Å². The molecule has 104 valence electrons. The number of carbonyl (C=O) groups is 1.